The van der Waals surface area contributed by atoms with Crippen molar-refractivity contribution in [2.24, 2.45) is 5.41 Å². The van der Waals surface area contributed by atoms with Gasteiger partial charge in [0.05, 0.1) is 20.3 Å². The first-order chi connectivity index (χ1) is 18.4. The van der Waals surface area contributed by atoms with Gasteiger partial charge in [-0.15, -0.1) is 0 Å². The Morgan fingerprint density at radius 3 is 2.71 bits per heavy atom. The van der Waals surface area contributed by atoms with Crippen molar-refractivity contribution in [3.05, 3.63) is 63.3 Å². The molecule has 1 N–H and O–H groups in total. The van der Waals surface area contributed by atoms with Crippen LogP contribution in [0.1, 0.15) is 66.6 Å². The number of anilines is 1. The van der Waals surface area contributed by atoms with Crippen molar-refractivity contribution >= 4 is 55.7 Å². The number of thiazole rings is 1. The molecule has 3 heterocycles. The van der Waals surface area contributed by atoms with Crippen LogP contribution in [-0.2, 0) is 6.54 Å². The summed E-state index contributed by atoms with van der Waals surface area (Å²) in [6.07, 6.45) is 5.25. The molecule has 1 saturated heterocycles. The molecule has 6 nitrogen and oxygen atoms in total. The van der Waals surface area contributed by atoms with Gasteiger partial charge in [-0.1, -0.05) is 52.7 Å². The Morgan fingerprint density at radius 2 is 1.97 bits per heavy atom. The maximum atomic E-state index is 12.8. The predicted molar refractivity (Wildman–Crippen MR) is 153 cm³/mol. The number of rotatable bonds is 8. The zero-order valence-corrected chi connectivity index (χ0v) is 23.4. The number of nitrogens with zero attached hydrogens (tertiary/aromatic N) is 3. The van der Waals surface area contributed by atoms with E-state index < -0.39 is 0 Å². The Kier molecular flexibility index (Phi) is 6.04. The molecule has 0 bridgehead atoms. The van der Waals surface area contributed by atoms with Crippen molar-refractivity contribution in [3.63, 3.8) is 0 Å². The van der Waals surface area contributed by atoms with Crippen molar-refractivity contribution in [1.29, 1.82) is 0 Å². The Hall–Kier alpha value is -2.45. The Labute approximate surface area is 235 Å². The van der Waals surface area contributed by atoms with Crippen LogP contribution in [0, 0.1) is 5.41 Å². The highest BCUT2D eigenvalue weighted by Gasteiger charge is 2.45. The molecule has 2 aromatic heterocycles. The molecule has 2 aliphatic carbocycles. The second-order valence-corrected chi connectivity index (χ2v) is 12.9. The van der Waals surface area contributed by atoms with Gasteiger partial charge in [-0.2, -0.15) is 0 Å². The maximum absolute atomic E-state index is 12.8. The SMILES string of the molecule is CC1(C(=O)c2ccc3nc(N4CCC(NCc5c(-c6c(Cl)cccc6Cl)noc5C5CC5)C4)sc3c2)CC1. The number of nitrogens with one attached hydrogen (secondary N) is 1. The Balaban J connectivity index is 1.07. The molecule has 0 radical (unpaired) electrons. The van der Waals surface area contributed by atoms with E-state index in [0.717, 1.165) is 88.7 Å². The third-order valence-corrected chi connectivity index (χ3v) is 9.89. The van der Waals surface area contributed by atoms with Crippen molar-refractivity contribution in [2.45, 2.75) is 57.5 Å². The van der Waals surface area contributed by atoms with E-state index in [1.54, 1.807) is 11.3 Å². The number of hydrogen-bond donors (Lipinski definition) is 1. The van der Waals surface area contributed by atoms with E-state index in [1.807, 2.05) is 36.4 Å². The van der Waals surface area contributed by atoms with Gasteiger partial charge in [0, 0.05) is 53.7 Å². The Bertz CT molecular complexity index is 1540. The minimum absolute atomic E-state index is 0.157. The van der Waals surface area contributed by atoms with Gasteiger partial charge in [0.2, 0.25) is 0 Å². The lowest BCUT2D eigenvalue weighted by Gasteiger charge is -2.16. The summed E-state index contributed by atoms with van der Waals surface area (Å²) in [6, 6.07) is 11.8. The van der Waals surface area contributed by atoms with Crippen LogP contribution in [0.2, 0.25) is 10.0 Å². The largest absolute Gasteiger partial charge is 0.360 e. The fourth-order valence-electron chi connectivity index (χ4n) is 5.38. The summed E-state index contributed by atoms with van der Waals surface area (Å²) in [7, 11) is 0. The van der Waals surface area contributed by atoms with Gasteiger partial charge in [0.1, 0.15) is 11.5 Å². The maximum Gasteiger partial charge on any atom is 0.186 e. The fraction of sp³-hybridized carbons (Fsp3) is 0.414. The van der Waals surface area contributed by atoms with Gasteiger partial charge in [0.25, 0.3) is 0 Å². The van der Waals surface area contributed by atoms with E-state index in [0.29, 0.717) is 28.5 Å². The molecule has 2 saturated carbocycles. The van der Waals surface area contributed by atoms with Crippen LogP contribution in [0.25, 0.3) is 21.5 Å². The summed E-state index contributed by atoms with van der Waals surface area (Å²) in [6.45, 7) is 4.52. The number of fused-ring (bicyclic) bond motifs is 1. The van der Waals surface area contributed by atoms with Gasteiger partial charge in [-0.3, -0.25) is 4.79 Å². The van der Waals surface area contributed by atoms with Crippen LogP contribution in [-0.4, -0.2) is 35.1 Å². The normalized spacial score (nSPS) is 20.4. The molecular weight excluding hydrogens is 539 g/mol. The summed E-state index contributed by atoms with van der Waals surface area (Å²) in [5.41, 5.74) is 4.14. The predicted octanol–water partition coefficient (Wildman–Crippen LogP) is 7.49. The highest BCUT2D eigenvalue weighted by atomic mass is 35.5. The molecule has 3 aliphatic rings. The number of benzene rings is 2. The van der Waals surface area contributed by atoms with Gasteiger partial charge < -0.3 is 14.7 Å². The van der Waals surface area contributed by atoms with Crippen LogP contribution < -0.4 is 10.2 Å². The summed E-state index contributed by atoms with van der Waals surface area (Å²) in [5.74, 6) is 1.64. The molecule has 4 aromatic rings. The first-order valence-electron chi connectivity index (χ1n) is 13.3. The average Bonchev–Trinajstić information content (AvgIpc) is 3.73. The van der Waals surface area contributed by atoms with E-state index in [9.17, 15) is 4.79 Å². The lowest BCUT2D eigenvalue weighted by molar-refractivity contribution is 0.0912. The summed E-state index contributed by atoms with van der Waals surface area (Å²) < 4.78 is 6.90. The Morgan fingerprint density at radius 1 is 1.18 bits per heavy atom. The lowest BCUT2D eigenvalue weighted by atomic mass is 9.97. The van der Waals surface area contributed by atoms with Crippen LogP contribution >= 0.6 is 34.5 Å². The standard InChI is InChI=1S/C29H28Cl2N4O2S/c1-29(10-11-29)27(36)17-7-8-22-23(13-17)38-28(33-22)35-12-9-18(15-35)32-14-19-25(34-37-26(19)16-5-6-16)24-20(30)3-2-4-21(24)31/h2-4,7-8,13,16,18,32H,5-6,9-12,14-15H2,1H3. The number of ketones is 1. The molecule has 3 fully saturated rings. The minimum Gasteiger partial charge on any atom is -0.360 e. The van der Waals surface area contributed by atoms with Crippen molar-refractivity contribution in [3.8, 4) is 11.3 Å². The van der Waals surface area contributed by atoms with Gasteiger partial charge >= 0.3 is 0 Å². The number of aromatic nitrogens is 2. The zero-order valence-electron chi connectivity index (χ0n) is 21.1. The van der Waals surface area contributed by atoms with E-state index in [-0.39, 0.29) is 11.2 Å². The van der Waals surface area contributed by atoms with Crippen LogP contribution in [0.4, 0.5) is 5.13 Å². The van der Waals surface area contributed by atoms with Crippen molar-refractivity contribution in [1.82, 2.24) is 15.5 Å². The summed E-state index contributed by atoms with van der Waals surface area (Å²) in [5, 5.41) is 10.3. The zero-order chi connectivity index (χ0) is 26.0. The average molecular weight is 568 g/mol. The third kappa shape index (κ3) is 4.43. The van der Waals surface area contributed by atoms with Gasteiger partial charge in [0.15, 0.2) is 10.9 Å². The quantitative estimate of drug-likeness (QED) is 0.223. The number of Topliss-reactive ketones (excluding diaryl/α,β-unsaturated/α-hetero) is 1. The van der Waals surface area contributed by atoms with E-state index >= 15 is 0 Å². The second kappa shape index (κ2) is 9.33. The van der Waals surface area contributed by atoms with Crippen LogP contribution in [0.15, 0.2) is 40.9 Å². The monoisotopic (exact) mass is 566 g/mol. The first-order valence-corrected chi connectivity index (χ1v) is 14.8. The topological polar surface area (TPSA) is 71.3 Å². The number of carbonyl (C=O) groups excluding carboxylic acids is 1. The van der Waals surface area contributed by atoms with Gasteiger partial charge in [-0.05, 0) is 62.4 Å². The first kappa shape index (κ1) is 24.6. The molecule has 0 amide bonds. The molecule has 38 heavy (non-hydrogen) atoms. The van der Waals surface area contributed by atoms with Crippen LogP contribution in [0.5, 0.6) is 0 Å². The summed E-state index contributed by atoms with van der Waals surface area (Å²) in [4.78, 5) is 20.0. The highest BCUT2D eigenvalue weighted by molar-refractivity contribution is 7.22. The number of halogens is 2. The number of hydrogen-bond acceptors (Lipinski definition) is 7. The summed E-state index contributed by atoms with van der Waals surface area (Å²) >= 11 is 14.7. The van der Waals surface area contributed by atoms with E-state index in [1.165, 1.54) is 0 Å². The van der Waals surface area contributed by atoms with E-state index in [2.05, 4.69) is 22.3 Å². The van der Waals surface area contributed by atoms with Crippen molar-refractivity contribution < 1.29 is 9.32 Å². The number of carbonyl (C=O) groups is 1. The smallest absolute Gasteiger partial charge is 0.186 e. The molecular formula is C29H28Cl2N4O2S. The fourth-order valence-corrected chi connectivity index (χ4v) is 6.99. The molecule has 9 heteroatoms. The third-order valence-electron chi connectivity index (χ3n) is 8.18. The molecule has 1 atom stereocenters. The minimum atomic E-state index is -0.157. The molecule has 0 spiro atoms. The molecule has 1 aliphatic heterocycles. The van der Waals surface area contributed by atoms with Crippen LogP contribution in [0.3, 0.4) is 0 Å². The molecule has 2 aromatic carbocycles. The van der Waals surface area contributed by atoms with Crippen molar-refractivity contribution in [2.75, 3.05) is 18.0 Å². The second-order valence-electron chi connectivity index (χ2n) is 11.1. The van der Waals surface area contributed by atoms with Gasteiger partial charge in [-0.25, -0.2) is 4.98 Å². The highest BCUT2D eigenvalue weighted by Crippen LogP contribution is 2.48. The molecule has 196 valence electrons. The lowest BCUT2D eigenvalue weighted by Crippen LogP contribution is -2.32. The van der Waals surface area contributed by atoms with E-state index in [4.69, 9.17) is 32.7 Å². The molecule has 1 unspecified atom stereocenters. The molecule has 7 rings (SSSR count).